The number of nitrogens with two attached hydrogens (primary N) is 1. The molecule has 2 N–H and O–H groups in total. The summed E-state index contributed by atoms with van der Waals surface area (Å²) in [5.74, 6) is 1.96. The van der Waals surface area contributed by atoms with E-state index in [2.05, 4.69) is 0 Å². The van der Waals surface area contributed by atoms with E-state index in [1.807, 2.05) is 18.2 Å². The van der Waals surface area contributed by atoms with Crippen molar-refractivity contribution in [1.29, 1.82) is 0 Å². The maximum Gasteiger partial charge on any atom is 0.133 e. The highest BCUT2D eigenvalue weighted by Gasteiger charge is 2.16. The van der Waals surface area contributed by atoms with Crippen LogP contribution in [0, 0.1) is 5.92 Å². The van der Waals surface area contributed by atoms with Gasteiger partial charge in [-0.25, -0.2) is 0 Å². The lowest BCUT2D eigenvalue weighted by molar-refractivity contribution is 0.0497. The average Bonchev–Trinajstić information content (AvgIpc) is 2.45. The summed E-state index contributed by atoms with van der Waals surface area (Å²) >= 11 is 5.04. The van der Waals surface area contributed by atoms with Gasteiger partial charge in [0, 0.05) is 19.3 Å². The number of hydrogen-bond acceptors (Lipinski definition) is 4. The SMILES string of the molecule is COc1ccc(C(N)=S)c(OCC2CCOCC2)c1. The lowest BCUT2D eigenvalue weighted by Crippen LogP contribution is -2.22. The van der Waals surface area contributed by atoms with Crippen LogP contribution in [0.1, 0.15) is 18.4 Å². The van der Waals surface area contributed by atoms with Crippen molar-refractivity contribution in [1.82, 2.24) is 0 Å². The van der Waals surface area contributed by atoms with E-state index in [9.17, 15) is 0 Å². The van der Waals surface area contributed by atoms with Crippen LogP contribution in [-0.4, -0.2) is 31.9 Å². The Kier molecular flexibility index (Phi) is 4.99. The third kappa shape index (κ3) is 3.81. The normalized spacial score (nSPS) is 16.1. The molecule has 0 radical (unpaired) electrons. The van der Waals surface area contributed by atoms with E-state index in [1.54, 1.807) is 7.11 Å². The molecule has 1 aromatic rings. The van der Waals surface area contributed by atoms with Crippen molar-refractivity contribution in [2.75, 3.05) is 26.9 Å². The van der Waals surface area contributed by atoms with Gasteiger partial charge in [-0.1, -0.05) is 12.2 Å². The third-order valence-corrected chi connectivity index (χ3v) is 3.49. The van der Waals surface area contributed by atoms with Crippen molar-refractivity contribution in [2.45, 2.75) is 12.8 Å². The van der Waals surface area contributed by atoms with Crippen molar-refractivity contribution < 1.29 is 14.2 Å². The van der Waals surface area contributed by atoms with Crippen LogP contribution in [0.2, 0.25) is 0 Å². The summed E-state index contributed by atoms with van der Waals surface area (Å²) in [6, 6.07) is 5.49. The molecule has 1 heterocycles. The molecule has 4 nitrogen and oxygen atoms in total. The van der Waals surface area contributed by atoms with Gasteiger partial charge in [0.2, 0.25) is 0 Å². The molecule has 1 aromatic carbocycles. The summed E-state index contributed by atoms with van der Waals surface area (Å²) < 4.78 is 16.4. The van der Waals surface area contributed by atoms with E-state index >= 15 is 0 Å². The van der Waals surface area contributed by atoms with Crippen LogP contribution < -0.4 is 15.2 Å². The van der Waals surface area contributed by atoms with Crippen molar-refractivity contribution in [3.8, 4) is 11.5 Å². The Morgan fingerprint density at radius 3 is 2.79 bits per heavy atom. The molecule has 0 unspecified atom stereocenters. The van der Waals surface area contributed by atoms with Crippen LogP contribution in [0.4, 0.5) is 0 Å². The summed E-state index contributed by atoms with van der Waals surface area (Å²) in [4.78, 5) is 0.338. The molecular weight excluding hydrogens is 262 g/mol. The highest BCUT2D eigenvalue weighted by molar-refractivity contribution is 7.80. The number of thiocarbonyl (C=S) groups is 1. The molecule has 1 aliphatic rings. The maximum atomic E-state index is 5.88. The van der Waals surface area contributed by atoms with E-state index in [1.165, 1.54) is 0 Å². The smallest absolute Gasteiger partial charge is 0.133 e. The van der Waals surface area contributed by atoms with Crippen molar-refractivity contribution in [3.63, 3.8) is 0 Å². The van der Waals surface area contributed by atoms with Gasteiger partial charge >= 0.3 is 0 Å². The third-order valence-electron chi connectivity index (χ3n) is 3.27. The fourth-order valence-corrected chi connectivity index (χ4v) is 2.24. The quantitative estimate of drug-likeness (QED) is 0.838. The zero-order valence-corrected chi connectivity index (χ0v) is 11.9. The minimum atomic E-state index is 0.338. The Morgan fingerprint density at radius 1 is 1.42 bits per heavy atom. The number of hydrogen-bond donors (Lipinski definition) is 1. The lowest BCUT2D eigenvalue weighted by atomic mass is 10.0. The molecule has 0 atom stereocenters. The van der Waals surface area contributed by atoms with Crippen LogP contribution in [-0.2, 0) is 4.74 Å². The van der Waals surface area contributed by atoms with Gasteiger partial charge in [-0.15, -0.1) is 0 Å². The van der Waals surface area contributed by atoms with Crippen molar-refractivity contribution in [2.24, 2.45) is 11.7 Å². The summed E-state index contributed by atoms with van der Waals surface area (Å²) in [6.07, 6.45) is 2.07. The van der Waals surface area contributed by atoms with Crippen molar-refractivity contribution >= 4 is 17.2 Å². The van der Waals surface area contributed by atoms with E-state index in [0.29, 0.717) is 23.3 Å². The Balaban J connectivity index is 2.06. The first-order chi connectivity index (χ1) is 9.20. The minimum Gasteiger partial charge on any atom is -0.497 e. The van der Waals surface area contributed by atoms with Crippen LogP contribution in [0.5, 0.6) is 11.5 Å². The molecule has 2 rings (SSSR count). The average molecular weight is 281 g/mol. The first-order valence-electron chi connectivity index (χ1n) is 6.39. The van der Waals surface area contributed by atoms with E-state index in [0.717, 1.165) is 37.4 Å². The number of benzene rings is 1. The Morgan fingerprint density at radius 2 is 2.16 bits per heavy atom. The molecule has 5 heteroatoms. The van der Waals surface area contributed by atoms with Gasteiger partial charge in [-0.3, -0.25) is 0 Å². The molecule has 0 aliphatic carbocycles. The lowest BCUT2D eigenvalue weighted by Gasteiger charge is -2.22. The molecule has 1 fully saturated rings. The molecule has 104 valence electrons. The Hall–Kier alpha value is -1.33. The number of ether oxygens (including phenoxy) is 3. The summed E-state index contributed by atoms with van der Waals surface area (Å²) in [5, 5.41) is 0. The second-order valence-electron chi connectivity index (χ2n) is 4.59. The zero-order valence-electron chi connectivity index (χ0n) is 11.1. The van der Waals surface area contributed by atoms with Gasteiger partial charge in [0.15, 0.2) is 0 Å². The molecular formula is C14H19NO3S. The standard InChI is InChI=1S/C14H19NO3S/c1-16-11-2-3-12(14(15)19)13(8-11)18-9-10-4-6-17-7-5-10/h2-3,8,10H,4-7,9H2,1H3,(H2,15,19). The number of methoxy groups -OCH3 is 1. The highest BCUT2D eigenvalue weighted by Crippen LogP contribution is 2.26. The first-order valence-corrected chi connectivity index (χ1v) is 6.80. The summed E-state index contributed by atoms with van der Waals surface area (Å²) in [6.45, 7) is 2.29. The Labute approximate surface area is 118 Å². The van der Waals surface area contributed by atoms with Crippen molar-refractivity contribution in [3.05, 3.63) is 23.8 Å². The van der Waals surface area contributed by atoms with Crippen LogP contribution in [0.15, 0.2) is 18.2 Å². The minimum absolute atomic E-state index is 0.338. The van der Waals surface area contributed by atoms with E-state index in [4.69, 9.17) is 32.2 Å². The fraction of sp³-hybridized carbons (Fsp3) is 0.500. The van der Waals surface area contributed by atoms with Gasteiger partial charge in [0.1, 0.15) is 16.5 Å². The zero-order chi connectivity index (χ0) is 13.7. The highest BCUT2D eigenvalue weighted by atomic mass is 32.1. The molecule has 0 saturated carbocycles. The molecule has 0 aromatic heterocycles. The molecule has 1 aliphatic heterocycles. The molecule has 0 amide bonds. The molecule has 1 saturated heterocycles. The Bertz CT molecular complexity index is 444. The first kappa shape index (κ1) is 14.1. The predicted octanol–water partition coefficient (Wildman–Crippen LogP) is 2.13. The van der Waals surface area contributed by atoms with Crippen LogP contribution >= 0.6 is 12.2 Å². The van der Waals surface area contributed by atoms with Gasteiger partial charge in [-0.05, 0) is 30.9 Å². The van der Waals surface area contributed by atoms with Gasteiger partial charge in [0.25, 0.3) is 0 Å². The second kappa shape index (κ2) is 6.73. The molecule has 19 heavy (non-hydrogen) atoms. The fourth-order valence-electron chi connectivity index (χ4n) is 2.07. The van der Waals surface area contributed by atoms with Crippen LogP contribution in [0.25, 0.3) is 0 Å². The van der Waals surface area contributed by atoms with Crippen LogP contribution in [0.3, 0.4) is 0 Å². The summed E-state index contributed by atoms with van der Waals surface area (Å²) in [7, 11) is 1.62. The van der Waals surface area contributed by atoms with E-state index < -0.39 is 0 Å². The number of rotatable bonds is 5. The molecule has 0 bridgehead atoms. The predicted molar refractivity (Wildman–Crippen MR) is 77.9 cm³/mol. The van der Waals surface area contributed by atoms with Gasteiger partial charge in [-0.2, -0.15) is 0 Å². The van der Waals surface area contributed by atoms with E-state index in [-0.39, 0.29) is 0 Å². The second-order valence-corrected chi connectivity index (χ2v) is 5.03. The topological polar surface area (TPSA) is 53.7 Å². The molecule has 0 spiro atoms. The van der Waals surface area contributed by atoms with Gasteiger partial charge in [0.05, 0.1) is 19.3 Å². The maximum absolute atomic E-state index is 5.88. The monoisotopic (exact) mass is 281 g/mol. The summed E-state index contributed by atoms with van der Waals surface area (Å²) in [5.41, 5.74) is 6.46. The van der Waals surface area contributed by atoms with Gasteiger partial charge < -0.3 is 19.9 Å². The largest absolute Gasteiger partial charge is 0.497 e.